The van der Waals surface area contributed by atoms with Gasteiger partial charge in [0.15, 0.2) is 0 Å². The Labute approximate surface area is 115 Å². The summed E-state index contributed by atoms with van der Waals surface area (Å²) in [6.07, 6.45) is 0.494. The second-order valence-corrected chi connectivity index (χ2v) is 4.43. The maximum absolute atomic E-state index is 11.8. The molecule has 6 nitrogen and oxygen atoms in total. The Bertz CT molecular complexity index is 633. The highest BCUT2D eigenvalue weighted by Crippen LogP contribution is 2.21. The molecular formula is C14H16N2O4. The molecule has 1 aromatic carbocycles. The van der Waals surface area contributed by atoms with Crippen LogP contribution < -0.4 is 11.1 Å². The first kappa shape index (κ1) is 13.9. The molecule has 0 saturated heterocycles. The Morgan fingerprint density at radius 2 is 2.15 bits per heavy atom. The molecule has 0 aliphatic rings. The molecule has 0 saturated carbocycles. The quantitative estimate of drug-likeness (QED) is 0.644. The topological polar surface area (TPSA) is 94.6 Å². The summed E-state index contributed by atoms with van der Waals surface area (Å²) >= 11 is 0. The maximum atomic E-state index is 11.8. The van der Waals surface area contributed by atoms with Crippen molar-refractivity contribution in [3.8, 4) is 0 Å². The number of amides is 2. The summed E-state index contributed by atoms with van der Waals surface area (Å²) in [7, 11) is 0. The highest BCUT2D eigenvalue weighted by molar-refractivity contribution is 5.92. The molecule has 20 heavy (non-hydrogen) atoms. The number of rotatable bonds is 5. The van der Waals surface area contributed by atoms with Gasteiger partial charge in [0.2, 0.25) is 5.76 Å². The molecule has 2 amide bonds. The normalized spacial score (nSPS) is 10.4. The van der Waals surface area contributed by atoms with Crippen molar-refractivity contribution >= 4 is 23.0 Å². The van der Waals surface area contributed by atoms with Gasteiger partial charge in [-0.05, 0) is 31.5 Å². The molecule has 0 radical (unpaired) electrons. The van der Waals surface area contributed by atoms with Crippen molar-refractivity contribution < 1.29 is 18.7 Å². The van der Waals surface area contributed by atoms with Crippen molar-refractivity contribution in [2.24, 2.45) is 5.73 Å². The third-order valence-electron chi connectivity index (χ3n) is 2.73. The van der Waals surface area contributed by atoms with Crippen LogP contribution in [-0.2, 0) is 4.74 Å². The van der Waals surface area contributed by atoms with Gasteiger partial charge in [-0.3, -0.25) is 0 Å². The van der Waals surface area contributed by atoms with Crippen LogP contribution in [0, 0.1) is 6.92 Å². The minimum absolute atomic E-state index is 0.175. The minimum atomic E-state index is -0.594. The fraction of sp³-hybridized carbons (Fsp3) is 0.286. The van der Waals surface area contributed by atoms with E-state index in [9.17, 15) is 9.59 Å². The Kier molecular flexibility index (Phi) is 4.24. The van der Waals surface area contributed by atoms with Gasteiger partial charge in [0, 0.05) is 11.9 Å². The van der Waals surface area contributed by atoms with Crippen LogP contribution in [0.25, 0.3) is 11.0 Å². The second-order valence-electron chi connectivity index (χ2n) is 4.43. The Balaban J connectivity index is 1.89. The van der Waals surface area contributed by atoms with E-state index in [-0.39, 0.29) is 12.4 Å². The number of carbonyl (C=O) groups excluding carboxylic acids is 2. The number of fused-ring (bicyclic) bond motifs is 1. The molecule has 0 unspecified atom stereocenters. The van der Waals surface area contributed by atoms with Gasteiger partial charge >= 0.3 is 12.0 Å². The molecule has 3 N–H and O–H groups in total. The molecule has 0 spiro atoms. The molecule has 1 aromatic heterocycles. The fourth-order valence-corrected chi connectivity index (χ4v) is 1.78. The van der Waals surface area contributed by atoms with E-state index in [1.807, 2.05) is 25.1 Å². The second kappa shape index (κ2) is 6.10. The van der Waals surface area contributed by atoms with Crippen molar-refractivity contribution in [2.75, 3.05) is 13.2 Å². The molecule has 1 heterocycles. The average molecular weight is 276 g/mol. The number of urea groups is 1. The highest BCUT2D eigenvalue weighted by atomic mass is 16.5. The van der Waals surface area contributed by atoms with Gasteiger partial charge in [0.25, 0.3) is 0 Å². The van der Waals surface area contributed by atoms with Crippen molar-refractivity contribution in [1.82, 2.24) is 5.32 Å². The predicted octanol–water partition coefficient (Wildman–Crippen LogP) is 1.96. The van der Waals surface area contributed by atoms with Crippen molar-refractivity contribution in [1.29, 1.82) is 0 Å². The lowest BCUT2D eigenvalue weighted by molar-refractivity contribution is 0.0468. The van der Waals surface area contributed by atoms with Gasteiger partial charge < -0.3 is 20.2 Å². The summed E-state index contributed by atoms with van der Waals surface area (Å²) in [5, 5.41) is 3.28. The zero-order valence-electron chi connectivity index (χ0n) is 11.1. The predicted molar refractivity (Wildman–Crippen MR) is 73.4 cm³/mol. The van der Waals surface area contributed by atoms with Crippen LogP contribution in [0.5, 0.6) is 0 Å². The fourth-order valence-electron chi connectivity index (χ4n) is 1.78. The number of aryl methyl sites for hydroxylation is 1. The summed E-state index contributed by atoms with van der Waals surface area (Å²) in [4.78, 5) is 22.2. The lowest BCUT2D eigenvalue weighted by atomic mass is 10.2. The van der Waals surface area contributed by atoms with E-state index in [2.05, 4.69) is 5.32 Å². The molecule has 0 bridgehead atoms. The van der Waals surface area contributed by atoms with E-state index in [1.165, 1.54) is 0 Å². The van der Waals surface area contributed by atoms with E-state index in [0.29, 0.717) is 18.5 Å². The molecule has 6 heteroatoms. The summed E-state index contributed by atoms with van der Waals surface area (Å²) in [5.41, 5.74) is 6.65. The van der Waals surface area contributed by atoms with Gasteiger partial charge in [-0.15, -0.1) is 0 Å². The number of hydrogen-bond acceptors (Lipinski definition) is 4. The summed E-state index contributed by atoms with van der Waals surface area (Å²) in [6.45, 7) is 2.52. The van der Waals surface area contributed by atoms with E-state index < -0.39 is 12.0 Å². The van der Waals surface area contributed by atoms with Gasteiger partial charge in [0.05, 0.1) is 6.61 Å². The molecule has 0 aliphatic heterocycles. The number of nitrogens with one attached hydrogen (secondary N) is 1. The van der Waals surface area contributed by atoms with Crippen LogP contribution in [0.2, 0.25) is 0 Å². The van der Waals surface area contributed by atoms with Crippen molar-refractivity contribution in [3.05, 3.63) is 35.6 Å². The van der Waals surface area contributed by atoms with Crippen LogP contribution in [-0.4, -0.2) is 25.2 Å². The van der Waals surface area contributed by atoms with Crippen molar-refractivity contribution in [2.45, 2.75) is 13.3 Å². The molecule has 106 valence electrons. The third-order valence-corrected chi connectivity index (χ3v) is 2.73. The zero-order chi connectivity index (χ0) is 14.5. The number of primary amides is 1. The summed E-state index contributed by atoms with van der Waals surface area (Å²) in [5.74, 6) is -0.341. The number of benzene rings is 1. The molecule has 0 aliphatic carbocycles. The molecule has 2 aromatic rings. The van der Waals surface area contributed by atoms with Gasteiger partial charge in [-0.1, -0.05) is 11.6 Å². The monoisotopic (exact) mass is 276 g/mol. The Morgan fingerprint density at radius 1 is 1.35 bits per heavy atom. The van der Waals surface area contributed by atoms with Crippen LogP contribution in [0.4, 0.5) is 4.79 Å². The van der Waals surface area contributed by atoms with Crippen molar-refractivity contribution in [3.63, 3.8) is 0 Å². The summed E-state index contributed by atoms with van der Waals surface area (Å²) in [6, 6.07) is 6.73. The molecule has 0 atom stereocenters. The number of furan rings is 1. The first-order valence-electron chi connectivity index (χ1n) is 6.27. The Hall–Kier alpha value is -2.50. The maximum Gasteiger partial charge on any atom is 0.374 e. The molecule has 0 fully saturated rings. The van der Waals surface area contributed by atoms with E-state index in [4.69, 9.17) is 14.9 Å². The standard InChI is InChI=1S/C14H16N2O4/c1-9-3-4-11-10(7-9)8-12(20-11)13(17)19-6-2-5-16-14(15)18/h3-4,7-8H,2,5-6H2,1H3,(H3,15,16,18). The minimum Gasteiger partial charge on any atom is -0.460 e. The van der Waals surface area contributed by atoms with Crippen LogP contribution >= 0.6 is 0 Å². The highest BCUT2D eigenvalue weighted by Gasteiger charge is 2.13. The van der Waals surface area contributed by atoms with Crippen LogP contribution in [0.15, 0.2) is 28.7 Å². The number of ether oxygens (including phenoxy) is 1. The van der Waals surface area contributed by atoms with Crippen LogP contribution in [0.3, 0.4) is 0 Å². The number of carbonyl (C=O) groups is 2. The van der Waals surface area contributed by atoms with E-state index >= 15 is 0 Å². The summed E-state index contributed by atoms with van der Waals surface area (Å²) < 4.78 is 10.5. The number of nitrogens with two attached hydrogens (primary N) is 1. The zero-order valence-corrected chi connectivity index (χ0v) is 11.1. The van der Waals surface area contributed by atoms with Gasteiger partial charge in [-0.25, -0.2) is 9.59 Å². The van der Waals surface area contributed by atoms with Crippen LogP contribution in [0.1, 0.15) is 22.5 Å². The third kappa shape index (κ3) is 3.50. The van der Waals surface area contributed by atoms with E-state index in [0.717, 1.165) is 10.9 Å². The van der Waals surface area contributed by atoms with E-state index in [1.54, 1.807) is 6.07 Å². The molecule has 2 rings (SSSR count). The van der Waals surface area contributed by atoms with Gasteiger partial charge in [0.1, 0.15) is 5.58 Å². The Morgan fingerprint density at radius 3 is 2.90 bits per heavy atom. The SMILES string of the molecule is Cc1ccc2oc(C(=O)OCCCNC(N)=O)cc2c1. The molecular weight excluding hydrogens is 260 g/mol. The van der Waals surface area contributed by atoms with Gasteiger partial charge in [-0.2, -0.15) is 0 Å². The first-order chi connectivity index (χ1) is 9.56. The number of hydrogen-bond donors (Lipinski definition) is 2. The smallest absolute Gasteiger partial charge is 0.374 e. The number of esters is 1. The lowest BCUT2D eigenvalue weighted by Gasteiger charge is -2.03. The first-order valence-corrected chi connectivity index (χ1v) is 6.27. The lowest BCUT2D eigenvalue weighted by Crippen LogP contribution is -2.30. The average Bonchev–Trinajstić information content (AvgIpc) is 2.80. The largest absolute Gasteiger partial charge is 0.460 e.